The number of amides is 1. The van der Waals surface area contributed by atoms with Gasteiger partial charge in [-0.25, -0.2) is 0 Å². The number of anilines is 2. The third-order valence-electron chi connectivity index (χ3n) is 4.85. The predicted molar refractivity (Wildman–Crippen MR) is 105 cm³/mol. The zero-order valence-electron chi connectivity index (χ0n) is 16.0. The van der Waals surface area contributed by atoms with Gasteiger partial charge in [0.25, 0.3) is 0 Å². The van der Waals surface area contributed by atoms with Crippen molar-refractivity contribution in [2.45, 2.75) is 12.4 Å². The van der Waals surface area contributed by atoms with E-state index in [-0.39, 0.29) is 17.3 Å². The molecule has 1 fully saturated rings. The summed E-state index contributed by atoms with van der Waals surface area (Å²) in [6.07, 6.45) is -9.00. The van der Waals surface area contributed by atoms with Crippen LogP contribution < -0.4 is 10.2 Å². The highest BCUT2D eigenvalue weighted by Gasteiger charge is 2.32. The van der Waals surface area contributed by atoms with Crippen molar-refractivity contribution in [2.24, 2.45) is 0 Å². The van der Waals surface area contributed by atoms with Crippen LogP contribution in [0.4, 0.5) is 37.7 Å². The molecule has 0 spiro atoms. The van der Waals surface area contributed by atoms with Gasteiger partial charge in [0.05, 0.1) is 28.4 Å². The van der Waals surface area contributed by atoms with Gasteiger partial charge >= 0.3 is 12.4 Å². The lowest BCUT2D eigenvalue weighted by atomic mass is 10.1. The van der Waals surface area contributed by atoms with Gasteiger partial charge in [-0.05, 0) is 36.4 Å². The lowest BCUT2D eigenvalue weighted by Crippen LogP contribution is -2.48. The Balaban J connectivity index is 1.56. The minimum absolute atomic E-state index is 0.0179. The molecule has 1 aliphatic heterocycles. The van der Waals surface area contributed by atoms with Gasteiger partial charge < -0.3 is 10.2 Å². The Labute approximate surface area is 179 Å². The number of hydrogen-bond acceptors (Lipinski definition) is 3. The van der Waals surface area contributed by atoms with Crippen LogP contribution in [0.5, 0.6) is 0 Å². The molecule has 1 amide bonds. The zero-order valence-corrected chi connectivity index (χ0v) is 16.8. The molecule has 0 atom stereocenters. The van der Waals surface area contributed by atoms with E-state index < -0.39 is 29.4 Å². The van der Waals surface area contributed by atoms with Gasteiger partial charge in [0.15, 0.2) is 0 Å². The topological polar surface area (TPSA) is 35.6 Å². The van der Waals surface area contributed by atoms with Crippen molar-refractivity contribution in [1.29, 1.82) is 0 Å². The molecule has 1 heterocycles. The number of piperazine rings is 1. The number of alkyl halides is 6. The van der Waals surface area contributed by atoms with Gasteiger partial charge in [-0.15, -0.1) is 0 Å². The van der Waals surface area contributed by atoms with E-state index in [1.807, 2.05) is 0 Å². The van der Waals surface area contributed by atoms with Crippen molar-refractivity contribution >= 4 is 28.9 Å². The molecule has 3 rings (SSSR count). The van der Waals surface area contributed by atoms with Gasteiger partial charge in [0, 0.05) is 31.9 Å². The Morgan fingerprint density at radius 2 is 1.52 bits per heavy atom. The number of nitrogens with one attached hydrogen (secondary N) is 1. The second-order valence-corrected chi connectivity index (χ2v) is 7.46. The maximum atomic E-state index is 12.9. The molecule has 0 bridgehead atoms. The van der Waals surface area contributed by atoms with Crippen LogP contribution in [-0.4, -0.2) is 43.5 Å². The zero-order chi connectivity index (χ0) is 22.8. The summed E-state index contributed by atoms with van der Waals surface area (Å²) in [6, 6.07) is 7.68. The van der Waals surface area contributed by atoms with E-state index in [4.69, 9.17) is 11.6 Å². The lowest BCUT2D eigenvalue weighted by Gasteiger charge is -2.36. The highest BCUT2D eigenvalue weighted by molar-refractivity contribution is 6.33. The van der Waals surface area contributed by atoms with E-state index in [0.717, 1.165) is 30.3 Å². The third kappa shape index (κ3) is 6.04. The summed E-state index contributed by atoms with van der Waals surface area (Å²) >= 11 is 5.88. The maximum Gasteiger partial charge on any atom is 0.416 e. The minimum atomic E-state index is -4.57. The van der Waals surface area contributed by atoms with Gasteiger partial charge in [0.1, 0.15) is 0 Å². The number of halogens is 7. The molecule has 0 saturated carbocycles. The van der Waals surface area contributed by atoms with Gasteiger partial charge in [-0.2, -0.15) is 26.3 Å². The Morgan fingerprint density at radius 1 is 0.903 bits per heavy atom. The summed E-state index contributed by atoms with van der Waals surface area (Å²) in [6.45, 7) is 1.53. The van der Waals surface area contributed by atoms with Crippen molar-refractivity contribution in [3.63, 3.8) is 0 Å². The van der Waals surface area contributed by atoms with Crippen LogP contribution in [0.15, 0.2) is 42.5 Å². The Bertz CT molecular complexity index is 939. The number of benzene rings is 2. The quantitative estimate of drug-likeness (QED) is 0.635. The van der Waals surface area contributed by atoms with E-state index in [1.54, 1.807) is 15.9 Å². The summed E-state index contributed by atoms with van der Waals surface area (Å²) < 4.78 is 77.2. The normalized spacial score (nSPS) is 15.8. The van der Waals surface area contributed by atoms with Crippen LogP contribution in [0, 0.1) is 0 Å². The first-order chi connectivity index (χ1) is 14.4. The van der Waals surface area contributed by atoms with Crippen molar-refractivity contribution < 1.29 is 31.1 Å². The smallest absolute Gasteiger partial charge is 0.369 e. The second kappa shape index (κ2) is 8.96. The molecule has 0 radical (unpaired) electrons. The Kier molecular flexibility index (Phi) is 6.70. The molecule has 2 aromatic rings. The van der Waals surface area contributed by atoms with Crippen molar-refractivity contribution in [3.8, 4) is 0 Å². The SMILES string of the molecule is O=C(CN1CCN(c2cccc(C(F)(F)F)c2)CC1)Nc1cc(C(F)(F)F)ccc1Cl. The summed E-state index contributed by atoms with van der Waals surface area (Å²) in [7, 11) is 0. The molecule has 1 saturated heterocycles. The first-order valence-corrected chi connectivity index (χ1v) is 9.62. The maximum absolute atomic E-state index is 12.9. The molecule has 2 aromatic carbocycles. The van der Waals surface area contributed by atoms with Gasteiger partial charge in [-0.1, -0.05) is 17.7 Å². The first kappa shape index (κ1) is 23.2. The highest BCUT2D eigenvalue weighted by atomic mass is 35.5. The summed E-state index contributed by atoms with van der Waals surface area (Å²) in [5, 5.41) is 2.37. The fourth-order valence-corrected chi connectivity index (χ4v) is 3.40. The van der Waals surface area contributed by atoms with Crippen LogP contribution in [-0.2, 0) is 17.1 Å². The summed E-state index contributed by atoms with van der Waals surface area (Å²) in [5.74, 6) is -0.534. The molecule has 31 heavy (non-hydrogen) atoms. The van der Waals surface area contributed by atoms with Gasteiger partial charge in [0.2, 0.25) is 5.91 Å². The molecule has 4 nitrogen and oxygen atoms in total. The number of carbonyl (C=O) groups is 1. The number of hydrogen-bond donors (Lipinski definition) is 1. The number of nitrogens with zero attached hydrogens (tertiary/aromatic N) is 2. The van der Waals surface area contributed by atoms with E-state index in [2.05, 4.69) is 5.32 Å². The fraction of sp³-hybridized carbons (Fsp3) is 0.350. The molecule has 1 aliphatic rings. The van der Waals surface area contributed by atoms with Crippen LogP contribution in [0.3, 0.4) is 0 Å². The van der Waals surface area contributed by atoms with Gasteiger partial charge in [-0.3, -0.25) is 9.69 Å². The van der Waals surface area contributed by atoms with E-state index in [9.17, 15) is 31.1 Å². The van der Waals surface area contributed by atoms with Crippen LogP contribution in [0.2, 0.25) is 5.02 Å². The average molecular weight is 466 g/mol. The monoisotopic (exact) mass is 465 g/mol. The minimum Gasteiger partial charge on any atom is -0.369 e. The largest absolute Gasteiger partial charge is 0.416 e. The van der Waals surface area contributed by atoms with Crippen molar-refractivity contribution in [1.82, 2.24) is 4.90 Å². The van der Waals surface area contributed by atoms with Crippen LogP contribution >= 0.6 is 11.6 Å². The second-order valence-electron chi connectivity index (χ2n) is 7.05. The Morgan fingerprint density at radius 3 is 2.13 bits per heavy atom. The third-order valence-corrected chi connectivity index (χ3v) is 5.18. The molecule has 1 N–H and O–H groups in total. The number of rotatable bonds is 4. The highest BCUT2D eigenvalue weighted by Crippen LogP contribution is 2.34. The van der Waals surface area contributed by atoms with Crippen LogP contribution in [0.1, 0.15) is 11.1 Å². The average Bonchev–Trinajstić information content (AvgIpc) is 2.69. The number of carbonyl (C=O) groups excluding carboxylic acids is 1. The van der Waals surface area contributed by atoms with E-state index >= 15 is 0 Å². The first-order valence-electron chi connectivity index (χ1n) is 9.24. The summed E-state index contributed by atoms with van der Waals surface area (Å²) in [5.41, 5.74) is -1.36. The van der Waals surface area contributed by atoms with Crippen molar-refractivity contribution in [3.05, 3.63) is 58.6 Å². The molecular weight excluding hydrogens is 448 g/mol. The molecular formula is C20H18ClF6N3O. The van der Waals surface area contributed by atoms with E-state index in [1.165, 1.54) is 6.07 Å². The van der Waals surface area contributed by atoms with E-state index in [0.29, 0.717) is 31.9 Å². The molecule has 168 valence electrons. The summed E-state index contributed by atoms with van der Waals surface area (Å²) in [4.78, 5) is 15.8. The fourth-order valence-electron chi connectivity index (χ4n) is 3.23. The molecule has 0 aliphatic carbocycles. The standard InChI is InChI=1S/C20H18ClF6N3O/c21-16-5-4-14(20(25,26)27)11-17(16)28-18(31)12-29-6-8-30(9-7-29)15-3-1-2-13(10-15)19(22,23)24/h1-5,10-11H,6-9,12H2,(H,28,31). The van der Waals surface area contributed by atoms with Crippen LogP contribution in [0.25, 0.3) is 0 Å². The predicted octanol–water partition coefficient (Wildman–Crippen LogP) is 5.14. The molecule has 11 heteroatoms. The molecule has 0 unspecified atom stereocenters. The van der Waals surface area contributed by atoms with Crippen molar-refractivity contribution in [2.75, 3.05) is 42.9 Å². The lowest BCUT2D eigenvalue weighted by molar-refractivity contribution is -0.138. The molecule has 0 aromatic heterocycles. The Hall–Kier alpha value is -2.46.